The Hall–Kier alpha value is -2.14. The van der Waals surface area contributed by atoms with Crippen LogP contribution < -0.4 is 4.72 Å². The van der Waals surface area contributed by atoms with Gasteiger partial charge in [0.1, 0.15) is 0 Å². The summed E-state index contributed by atoms with van der Waals surface area (Å²) in [5.41, 5.74) is 1.03. The molecule has 2 rings (SSSR count). The number of alkyl halides is 3. The molecule has 0 spiro atoms. The van der Waals surface area contributed by atoms with Gasteiger partial charge >= 0.3 is 18.1 Å². The van der Waals surface area contributed by atoms with Crippen LogP contribution in [0.3, 0.4) is 0 Å². The Morgan fingerprint density at radius 2 is 1.96 bits per heavy atom. The Morgan fingerprint density at radius 1 is 1.26 bits per heavy atom. The molecule has 0 radical (unpaired) electrons. The van der Waals surface area contributed by atoms with E-state index in [1.807, 2.05) is 0 Å². The van der Waals surface area contributed by atoms with Gasteiger partial charge in [0.25, 0.3) is 0 Å². The van der Waals surface area contributed by atoms with Crippen LogP contribution in [0.2, 0.25) is 0 Å². The molecule has 0 aliphatic carbocycles. The maximum Gasteiger partial charge on any atom is 0.471 e. The number of sulfonamides is 1. The van der Waals surface area contributed by atoms with E-state index in [-0.39, 0.29) is 44.0 Å². The van der Waals surface area contributed by atoms with Crippen molar-refractivity contribution in [3.8, 4) is 0 Å². The van der Waals surface area contributed by atoms with E-state index in [0.29, 0.717) is 16.0 Å². The third kappa shape index (κ3) is 5.42. The molecule has 1 aromatic rings. The molecular formula is C16H19F3N2O5S. The number of hydrogen-bond acceptors (Lipinski definition) is 5. The number of esters is 1. The van der Waals surface area contributed by atoms with Crippen LogP contribution >= 0.6 is 0 Å². The lowest BCUT2D eigenvalue weighted by Crippen LogP contribution is -2.43. The molecule has 0 aromatic heterocycles. The van der Waals surface area contributed by atoms with E-state index < -0.39 is 28.1 Å². The van der Waals surface area contributed by atoms with Crippen molar-refractivity contribution >= 4 is 21.9 Å². The maximum atomic E-state index is 12.6. The molecule has 0 fully saturated rings. The summed E-state index contributed by atoms with van der Waals surface area (Å²) in [5, 5.41) is 0. The predicted octanol–water partition coefficient (Wildman–Crippen LogP) is 1.37. The van der Waals surface area contributed by atoms with Crippen molar-refractivity contribution in [2.75, 3.05) is 19.7 Å². The van der Waals surface area contributed by atoms with Crippen LogP contribution in [-0.2, 0) is 37.3 Å². The number of carbonyl (C=O) groups excluding carboxylic acids is 2. The zero-order chi connectivity index (χ0) is 20.2. The number of hydrogen-bond donors (Lipinski definition) is 1. The molecule has 150 valence electrons. The van der Waals surface area contributed by atoms with Crippen molar-refractivity contribution in [1.82, 2.24) is 9.62 Å². The van der Waals surface area contributed by atoms with E-state index >= 15 is 0 Å². The van der Waals surface area contributed by atoms with Crippen LogP contribution in [0.5, 0.6) is 0 Å². The first-order valence-electron chi connectivity index (χ1n) is 8.17. The second-order valence-electron chi connectivity index (χ2n) is 5.86. The van der Waals surface area contributed by atoms with Gasteiger partial charge in [-0.15, -0.1) is 0 Å². The summed E-state index contributed by atoms with van der Waals surface area (Å²) in [4.78, 5) is 23.1. The molecule has 27 heavy (non-hydrogen) atoms. The fourth-order valence-corrected chi connectivity index (χ4v) is 3.74. The Labute approximate surface area is 154 Å². The van der Waals surface area contributed by atoms with Gasteiger partial charge in [0.05, 0.1) is 17.9 Å². The van der Waals surface area contributed by atoms with Gasteiger partial charge in [-0.1, -0.05) is 6.07 Å². The number of benzene rings is 1. The van der Waals surface area contributed by atoms with E-state index in [1.54, 1.807) is 6.92 Å². The molecule has 1 aliphatic rings. The van der Waals surface area contributed by atoms with Crippen LogP contribution in [0.25, 0.3) is 0 Å². The molecule has 1 heterocycles. The molecule has 0 unspecified atom stereocenters. The molecule has 0 saturated heterocycles. The zero-order valence-electron chi connectivity index (χ0n) is 14.5. The molecule has 1 amide bonds. The number of nitrogens with zero attached hydrogens (tertiary/aromatic N) is 1. The Balaban J connectivity index is 2.10. The zero-order valence-corrected chi connectivity index (χ0v) is 15.3. The minimum atomic E-state index is -4.98. The topological polar surface area (TPSA) is 92.8 Å². The number of fused-ring (bicyclic) bond motifs is 1. The molecule has 1 N–H and O–H groups in total. The molecule has 0 atom stereocenters. The lowest BCUT2D eigenvalue weighted by molar-refractivity contribution is -0.186. The normalized spacial score (nSPS) is 14.6. The van der Waals surface area contributed by atoms with Crippen LogP contribution in [0.4, 0.5) is 13.2 Å². The Kier molecular flexibility index (Phi) is 6.47. The molecule has 0 bridgehead atoms. The Morgan fingerprint density at radius 3 is 2.59 bits per heavy atom. The number of carbonyl (C=O) groups is 2. The fraction of sp³-hybridized carbons (Fsp3) is 0.500. The fourth-order valence-electron chi connectivity index (χ4n) is 2.66. The highest BCUT2D eigenvalue weighted by Crippen LogP contribution is 2.26. The highest BCUT2D eigenvalue weighted by atomic mass is 32.2. The number of ether oxygens (including phenoxy) is 1. The average Bonchev–Trinajstić information content (AvgIpc) is 2.59. The summed E-state index contributed by atoms with van der Waals surface area (Å²) in [5.74, 6) is -2.50. The van der Waals surface area contributed by atoms with Gasteiger partial charge in [0, 0.05) is 19.6 Å². The van der Waals surface area contributed by atoms with E-state index in [1.165, 1.54) is 18.2 Å². The summed E-state index contributed by atoms with van der Waals surface area (Å²) in [6.07, 6.45) is -4.92. The minimum absolute atomic E-state index is 0.0881. The summed E-state index contributed by atoms with van der Waals surface area (Å²) < 4.78 is 69.4. The molecule has 11 heteroatoms. The molecule has 1 aromatic carbocycles. The van der Waals surface area contributed by atoms with E-state index in [4.69, 9.17) is 4.74 Å². The van der Waals surface area contributed by atoms with Crippen molar-refractivity contribution in [1.29, 1.82) is 0 Å². The first kappa shape index (κ1) is 21.2. The summed E-state index contributed by atoms with van der Waals surface area (Å²) in [6.45, 7) is 1.23. The first-order valence-corrected chi connectivity index (χ1v) is 9.66. The molecular weight excluding hydrogens is 389 g/mol. The van der Waals surface area contributed by atoms with E-state index in [2.05, 4.69) is 4.72 Å². The second kappa shape index (κ2) is 8.26. The average molecular weight is 408 g/mol. The lowest BCUT2D eigenvalue weighted by Gasteiger charge is -2.29. The SMILES string of the molecule is CCOC(=O)CCNS(=O)(=O)c1ccc2c(c1)CN(C(=O)C(F)(F)F)CC2. The van der Waals surface area contributed by atoms with Gasteiger partial charge in [-0.3, -0.25) is 9.59 Å². The van der Waals surface area contributed by atoms with Crippen molar-refractivity contribution in [2.45, 2.75) is 37.4 Å². The minimum Gasteiger partial charge on any atom is -0.466 e. The quantitative estimate of drug-likeness (QED) is 0.718. The van der Waals surface area contributed by atoms with Crippen LogP contribution in [0.15, 0.2) is 23.1 Å². The first-order chi connectivity index (χ1) is 12.5. The second-order valence-corrected chi connectivity index (χ2v) is 7.62. The summed E-state index contributed by atoms with van der Waals surface area (Å²) >= 11 is 0. The maximum absolute atomic E-state index is 12.6. The third-order valence-corrected chi connectivity index (χ3v) is 5.42. The van der Waals surface area contributed by atoms with E-state index in [9.17, 15) is 31.2 Å². The van der Waals surface area contributed by atoms with Crippen molar-refractivity contribution in [3.05, 3.63) is 29.3 Å². The van der Waals surface area contributed by atoms with Crippen molar-refractivity contribution in [3.63, 3.8) is 0 Å². The van der Waals surface area contributed by atoms with Crippen LogP contribution in [-0.4, -0.2) is 51.1 Å². The van der Waals surface area contributed by atoms with Gasteiger partial charge in [-0.05, 0) is 36.6 Å². The molecule has 1 aliphatic heterocycles. The number of rotatable bonds is 6. The third-order valence-electron chi connectivity index (χ3n) is 3.96. The van der Waals surface area contributed by atoms with Crippen molar-refractivity contribution < 1.29 is 35.9 Å². The smallest absolute Gasteiger partial charge is 0.466 e. The van der Waals surface area contributed by atoms with E-state index in [0.717, 1.165) is 0 Å². The van der Waals surface area contributed by atoms with Crippen molar-refractivity contribution in [2.24, 2.45) is 0 Å². The number of halogens is 3. The highest BCUT2D eigenvalue weighted by Gasteiger charge is 2.43. The predicted molar refractivity (Wildman–Crippen MR) is 88.1 cm³/mol. The van der Waals surface area contributed by atoms with Gasteiger partial charge in [-0.2, -0.15) is 13.2 Å². The van der Waals surface area contributed by atoms with Gasteiger partial charge < -0.3 is 9.64 Å². The monoisotopic (exact) mass is 408 g/mol. The van der Waals surface area contributed by atoms with Crippen LogP contribution in [0, 0.1) is 0 Å². The standard InChI is InChI=1S/C16H19F3N2O5S/c1-2-26-14(22)5-7-20-27(24,25)13-4-3-11-6-8-21(10-12(11)9-13)15(23)16(17,18)19/h3-4,9,20H,2,5-8,10H2,1H3. The number of nitrogens with one attached hydrogen (secondary N) is 1. The van der Waals surface area contributed by atoms with Gasteiger partial charge in [0.2, 0.25) is 10.0 Å². The molecule has 0 saturated carbocycles. The Bertz CT molecular complexity index is 824. The largest absolute Gasteiger partial charge is 0.471 e. The van der Waals surface area contributed by atoms with Gasteiger partial charge in [-0.25, -0.2) is 13.1 Å². The number of amides is 1. The lowest BCUT2D eigenvalue weighted by atomic mass is 10.00. The van der Waals surface area contributed by atoms with Gasteiger partial charge in [0.15, 0.2) is 0 Å². The van der Waals surface area contributed by atoms with Crippen LogP contribution in [0.1, 0.15) is 24.5 Å². The highest BCUT2D eigenvalue weighted by molar-refractivity contribution is 7.89. The summed E-state index contributed by atoms with van der Waals surface area (Å²) in [6, 6.07) is 4.11. The summed E-state index contributed by atoms with van der Waals surface area (Å²) in [7, 11) is -3.95. The molecule has 7 nitrogen and oxygen atoms in total.